The van der Waals surface area contributed by atoms with E-state index in [-0.39, 0.29) is 53.9 Å². The summed E-state index contributed by atoms with van der Waals surface area (Å²) in [5.41, 5.74) is 5.58. The number of aromatic amines is 1. The molecule has 68 heavy (non-hydrogen) atoms. The van der Waals surface area contributed by atoms with Crippen LogP contribution in [0.1, 0.15) is 127 Å². The first-order valence-corrected chi connectivity index (χ1v) is 23.7. The van der Waals surface area contributed by atoms with Crippen LogP contribution in [0, 0.1) is 25.5 Å². The van der Waals surface area contributed by atoms with E-state index in [9.17, 15) is 4.79 Å². The van der Waals surface area contributed by atoms with Gasteiger partial charge < -0.3 is 18.8 Å². The zero-order valence-corrected chi connectivity index (χ0v) is 38.4. The molecule has 0 radical (unpaired) electrons. The third kappa shape index (κ3) is 6.04. The number of hydrogen-bond acceptors (Lipinski definition) is 9. The molecule has 18 heteroatoms. The van der Waals surface area contributed by atoms with Gasteiger partial charge in [-0.1, -0.05) is 5.16 Å². The summed E-state index contributed by atoms with van der Waals surface area (Å²) in [6, 6.07) is 9.98. The Kier molecular flexibility index (Phi) is 8.73. The van der Waals surface area contributed by atoms with E-state index in [2.05, 4.69) is 41.2 Å². The smallest absolute Gasteiger partial charge is 0.438 e. The lowest BCUT2D eigenvalue weighted by molar-refractivity contribution is -0.0593. The van der Waals surface area contributed by atoms with Crippen molar-refractivity contribution < 1.29 is 32.4 Å². The van der Waals surface area contributed by atoms with Gasteiger partial charge in [0.15, 0.2) is 11.6 Å². The first-order chi connectivity index (χ1) is 32.7. The van der Waals surface area contributed by atoms with E-state index in [0.29, 0.717) is 88.6 Å². The Morgan fingerprint density at radius 2 is 1.78 bits per heavy atom. The Labute approximate surface area is 388 Å². The molecule has 1 N–H and O–H groups in total. The first kappa shape index (κ1) is 41.4. The van der Waals surface area contributed by atoms with Gasteiger partial charge in [-0.3, -0.25) is 28.8 Å². The van der Waals surface area contributed by atoms with Crippen molar-refractivity contribution >= 4 is 39.9 Å². The second-order valence-corrected chi connectivity index (χ2v) is 20.4. The van der Waals surface area contributed by atoms with Gasteiger partial charge in [-0.25, -0.2) is 23.1 Å². The number of carbonyl (C=O) groups excluding carboxylic acids is 2. The van der Waals surface area contributed by atoms with Crippen LogP contribution in [-0.2, 0) is 16.6 Å². The number of hydrogen-bond donors (Lipinski definition) is 1. The van der Waals surface area contributed by atoms with E-state index in [0.717, 1.165) is 42.5 Å². The minimum Gasteiger partial charge on any atom is -0.489 e. The highest BCUT2D eigenvalue weighted by Gasteiger charge is 2.54. The number of urea groups is 1. The van der Waals surface area contributed by atoms with Crippen molar-refractivity contribution in [2.75, 3.05) is 36.1 Å². The number of aryl methyl sites for hydroxylation is 2. The molecule has 2 saturated heterocycles. The number of nitrogens with zero attached hydrogens (tertiary/aromatic N) is 9. The van der Waals surface area contributed by atoms with Gasteiger partial charge in [-0.05, 0) is 126 Å². The molecule has 3 atom stereocenters. The van der Waals surface area contributed by atoms with Crippen LogP contribution in [-0.4, -0.2) is 88.9 Å². The Morgan fingerprint density at radius 1 is 0.985 bits per heavy atom. The van der Waals surface area contributed by atoms with Crippen LogP contribution in [0.15, 0.2) is 58.1 Å². The van der Waals surface area contributed by atoms with Gasteiger partial charge in [0.05, 0.1) is 69.7 Å². The van der Waals surface area contributed by atoms with E-state index in [4.69, 9.17) is 19.1 Å². The molecular weight excluding hydrogens is 875 g/mol. The molecule has 0 unspecified atom stereocenters. The largest absolute Gasteiger partial charge is 0.489 e. The second kappa shape index (κ2) is 14.4. The lowest BCUT2D eigenvalue weighted by atomic mass is 9.84. The van der Waals surface area contributed by atoms with E-state index < -0.39 is 35.1 Å². The minimum absolute atomic E-state index is 0.0642. The standard InChI is InChI=1S/C50H50F2N10O6/c1-25-16-32(17-26(2)40(25)51)62-44(59-23-33-24-66-38-20-37-35(22-53-61(37)30-6-7-30)41(52)42(38)60(33)48(59)65)39-27(3)57(14-9-36(39)55-62)45(63)34-19-31-18-28(29-10-15-67-49(4,5)21-29)8-13-58(31)43(34)50(11-12-50)46-54-47(64)68-56-46/h8,13,16-20,22,27,29-30,33H,6-7,9-12,14-15,21,23-24H2,1-5H3,(H,54,56,64)/t27-,29-,33+/m0/s1. The SMILES string of the molecule is Cc1cc(-n2nc3c(c2N2C[C@@H]4COc5cc6c(cnn6C6CC6)c(F)c5N4C2=O)[C@H](C)N(C(=O)c2cc4cc([C@H]5CCOC(C)(C)C5)ccn4c2C2(c4noc(=O)[nH]4)CC2)CC3)cc(C)c1F. The Hall–Kier alpha value is -6.82. The fraction of sp³-hybridized carbons (Fsp3) is 0.440. The molecule has 6 aliphatic rings. The molecule has 7 aromatic rings. The molecule has 2 aromatic carbocycles. The van der Waals surface area contributed by atoms with Crippen molar-refractivity contribution in [3.63, 3.8) is 0 Å². The topological polar surface area (TPSA) is 161 Å². The van der Waals surface area contributed by atoms with E-state index in [1.165, 1.54) is 11.1 Å². The lowest BCUT2D eigenvalue weighted by Crippen LogP contribution is -2.42. The highest BCUT2D eigenvalue weighted by Crippen LogP contribution is 2.55. The number of pyridine rings is 1. The molecule has 16 nitrogen and oxygen atoms in total. The number of rotatable bonds is 7. The van der Waals surface area contributed by atoms with Crippen LogP contribution < -0.4 is 20.3 Å². The van der Waals surface area contributed by atoms with Gasteiger partial charge in [0, 0.05) is 48.6 Å². The van der Waals surface area contributed by atoms with Crippen molar-refractivity contribution in [3.05, 3.63) is 116 Å². The maximum absolute atomic E-state index is 16.8. The minimum atomic E-state index is -0.771. The molecule has 3 amide bonds. The summed E-state index contributed by atoms with van der Waals surface area (Å²) in [6.07, 6.45) is 8.85. The molecule has 13 rings (SSSR count). The number of H-pyrrole nitrogens is 1. The predicted octanol–water partition coefficient (Wildman–Crippen LogP) is 8.10. The first-order valence-electron chi connectivity index (χ1n) is 23.7. The third-order valence-corrected chi connectivity index (χ3v) is 15.5. The number of anilines is 2. The zero-order valence-electron chi connectivity index (χ0n) is 38.4. The Balaban J connectivity index is 0.924. The molecule has 350 valence electrons. The van der Waals surface area contributed by atoms with Gasteiger partial charge in [0.1, 0.15) is 29.7 Å². The van der Waals surface area contributed by atoms with Gasteiger partial charge in [0.25, 0.3) is 5.91 Å². The summed E-state index contributed by atoms with van der Waals surface area (Å²) >= 11 is 0. The number of ether oxygens (including phenoxy) is 2. The molecule has 4 aliphatic heterocycles. The quantitative estimate of drug-likeness (QED) is 0.167. The Morgan fingerprint density at radius 3 is 2.50 bits per heavy atom. The number of carbonyl (C=O) groups is 2. The fourth-order valence-electron chi connectivity index (χ4n) is 11.8. The van der Waals surface area contributed by atoms with Crippen molar-refractivity contribution in [2.24, 2.45) is 0 Å². The summed E-state index contributed by atoms with van der Waals surface area (Å²) < 4.78 is 55.0. The molecule has 5 aromatic heterocycles. The predicted molar refractivity (Wildman–Crippen MR) is 245 cm³/mol. The van der Waals surface area contributed by atoms with Crippen molar-refractivity contribution in [1.82, 2.24) is 39.0 Å². The van der Waals surface area contributed by atoms with Gasteiger partial charge in [-0.2, -0.15) is 10.2 Å². The number of benzene rings is 2. The maximum atomic E-state index is 16.8. The average molecular weight is 925 g/mol. The van der Waals surface area contributed by atoms with Crippen LogP contribution in [0.5, 0.6) is 5.75 Å². The van der Waals surface area contributed by atoms with Gasteiger partial charge >= 0.3 is 11.8 Å². The normalized spacial score (nSPS) is 22.7. The van der Waals surface area contributed by atoms with Crippen LogP contribution in [0.4, 0.5) is 25.1 Å². The highest BCUT2D eigenvalue weighted by molar-refractivity contribution is 6.10. The fourth-order valence-corrected chi connectivity index (χ4v) is 11.8. The Bertz CT molecular complexity index is 3350. The number of aromatic nitrogens is 7. The molecule has 2 aliphatic carbocycles. The summed E-state index contributed by atoms with van der Waals surface area (Å²) in [4.78, 5) is 50.9. The zero-order chi connectivity index (χ0) is 46.7. The van der Waals surface area contributed by atoms with Gasteiger partial charge in [0.2, 0.25) is 0 Å². The monoisotopic (exact) mass is 924 g/mol. The van der Waals surface area contributed by atoms with Gasteiger partial charge in [-0.15, -0.1) is 0 Å². The molecule has 0 bridgehead atoms. The molecule has 2 saturated carbocycles. The maximum Gasteiger partial charge on any atom is 0.438 e. The molecular formula is C50H50F2N10O6. The lowest BCUT2D eigenvalue weighted by Gasteiger charge is -2.35. The van der Waals surface area contributed by atoms with Crippen molar-refractivity contribution in [1.29, 1.82) is 0 Å². The third-order valence-electron chi connectivity index (χ3n) is 15.5. The molecule has 0 spiro atoms. The van der Waals surface area contributed by atoms with Crippen molar-refractivity contribution in [3.8, 4) is 11.4 Å². The van der Waals surface area contributed by atoms with Crippen LogP contribution in [0.2, 0.25) is 0 Å². The second-order valence-electron chi connectivity index (χ2n) is 20.4. The van der Waals surface area contributed by atoms with E-state index >= 15 is 18.4 Å². The summed E-state index contributed by atoms with van der Waals surface area (Å²) in [5.74, 6) is -0.470. The summed E-state index contributed by atoms with van der Waals surface area (Å²) in [5, 5.41) is 14.1. The highest BCUT2D eigenvalue weighted by atomic mass is 19.1. The van der Waals surface area contributed by atoms with Crippen molar-refractivity contribution in [2.45, 2.75) is 115 Å². The van der Waals surface area contributed by atoms with Crippen LogP contribution in [0.3, 0.4) is 0 Å². The number of fused-ring (bicyclic) bond motifs is 6. The average Bonchev–Trinajstić information content (AvgIpc) is 4.04. The molecule has 4 fully saturated rings. The van der Waals surface area contributed by atoms with Crippen LogP contribution >= 0.6 is 0 Å². The number of halogens is 2. The molecule has 9 heterocycles. The summed E-state index contributed by atoms with van der Waals surface area (Å²) in [6.45, 7) is 10.8. The summed E-state index contributed by atoms with van der Waals surface area (Å²) in [7, 11) is 0. The van der Waals surface area contributed by atoms with E-state index in [1.54, 1.807) is 41.6 Å². The number of amides is 3. The van der Waals surface area contributed by atoms with E-state index in [1.807, 2.05) is 33.2 Å². The van der Waals surface area contributed by atoms with Crippen LogP contribution in [0.25, 0.3) is 22.1 Å². The number of nitrogens with one attached hydrogen (secondary N) is 1.